The van der Waals surface area contributed by atoms with Gasteiger partial charge in [-0.25, -0.2) is 9.79 Å². The van der Waals surface area contributed by atoms with E-state index in [1.54, 1.807) is 53.4 Å². The predicted molar refractivity (Wildman–Crippen MR) is 165 cm³/mol. The van der Waals surface area contributed by atoms with Gasteiger partial charge in [0.1, 0.15) is 29.0 Å². The summed E-state index contributed by atoms with van der Waals surface area (Å²) in [6, 6.07) is 12.2. The number of hydrogen-bond donors (Lipinski definition) is 0. The summed E-state index contributed by atoms with van der Waals surface area (Å²) >= 11 is 4.77. The quantitative estimate of drug-likeness (QED) is 0.254. The molecule has 0 amide bonds. The van der Waals surface area contributed by atoms with Gasteiger partial charge in [0.25, 0.3) is 5.56 Å². The fourth-order valence-electron chi connectivity index (χ4n) is 5.07. The van der Waals surface area contributed by atoms with Crippen molar-refractivity contribution in [3.8, 4) is 23.0 Å². The van der Waals surface area contributed by atoms with Crippen LogP contribution in [0.5, 0.6) is 23.0 Å². The second-order valence-corrected chi connectivity index (χ2v) is 11.2. The van der Waals surface area contributed by atoms with Crippen LogP contribution in [0.25, 0.3) is 16.8 Å². The lowest BCUT2D eigenvalue weighted by atomic mass is 9.95. The SMILES string of the molecule is CCOC(=O)C1=C(C)N=c2sc(=Cc3c(OC)ccc4ccc(OC)cc34)c(=O)n2[C@@H]1c1cc(Br)c(OC)cc1OC. The number of carbonyl (C=O) groups is 1. The van der Waals surface area contributed by atoms with E-state index in [0.29, 0.717) is 48.1 Å². The second kappa shape index (κ2) is 12.0. The Morgan fingerprint density at radius 1 is 1.00 bits per heavy atom. The fraction of sp³-hybridized carbons (Fsp3) is 0.258. The van der Waals surface area contributed by atoms with Crippen molar-refractivity contribution in [2.24, 2.45) is 4.99 Å². The van der Waals surface area contributed by atoms with Crippen LogP contribution in [0.15, 0.2) is 68.0 Å². The van der Waals surface area contributed by atoms with Gasteiger partial charge < -0.3 is 23.7 Å². The van der Waals surface area contributed by atoms with Gasteiger partial charge in [-0.2, -0.15) is 0 Å². The Kier molecular flexibility index (Phi) is 8.42. The molecular formula is C31H29BrN2O7S. The van der Waals surface area contributed by atoms with Gasteiger partial charge in [0.2, 0.25) is 0 Å². The average molecular weight is 654 g/mol. The molecule has 2 heterocycles. The molecule has 0 bridgehead atoms. The molecule has 1 aliphatic heterocycles. The smallest absolute Gasteiger partial charge is 0.338 e. The van der Waals surface area contributed by atoms with Crippen molar-refractivity contribution in [1.29, 1.82) is 0 Å². The molecule has 9 nitrogen and oxygen atoms in total. The minimum atomic E-state index is -0.867. The van der Waals surface area contributed by atoms with Crippen LogP contribution in [0.3, 0.4) is 0 Å². The lowest BCUT2D eigenvalue weighted by Gasteiger charge is -2.26. The summed E-state index contributed by atoms with van der Waals surface area (Å²) in [5.41, 5.74) is 1.67. The summed E-state index contributed by atoms with van der Waals surface area (Å²) in [6.45, 7) is 3.64. The molecule has 11 heteroatoms. The summed E-state index contributed by atoms with van der Waals surface area (Å²) in [6.07, 6.45) is 1.80. The number of carbonyl (C=O) groups excluding carboxylic acids is 1. The number of methoxy groups -OCH3 is 4. The Morgan fingerprint density at radius 2 is 1.71 bits per heavy atom. The number of halogens is 1. The highest BCUT2D eigenvalue weighted by molar-refractivity contribution is 9.10. The van der Waals surface area contributed by atoms with Gasteiger partial charge >= 0.3 is 5.97 Å². The van der Waals surface area contributed by atoms with Crippen molar-refractivity contribution in [2.75, 3.05) is 35.0 Å². The van der Waals surface area contributed by atoms with Crippen molar-refractivity contribution in [3.63, 3.8) is 0 Å². The molecule has 5 rings (SSSR count). The summed E-state index contributed by atoms with van der Waals surface area (Å²) in [5.74, 6) is 1.70. The maximum absolute atomic E-state index is 14.3. The van der Waals surface area contributed by atoms with Crippen molar-refractivity contribution in [3.05, 3.63) is 89.0 Å². The molecule has 218 valence electrons. The van der Waals surface area contributed by atoms with E-state index < -0.39 is 12.0 Å². The van der Waals surface area contributed by atoms with Crippen LogP contribution < -0.4 is 33.8 Å². The van der Waals surface area contributed by atoms with E-state index in [1.807, 2.05) is 30.3 Å². The van der Waals surface area contributed by atoms with Crippen LogP contribution >= 0.6 is 27.3 Å². The zero-order chi connectivity index (χ0) is 30.1. The van der Waals surface area contributed by atoms with E-state index in [0.717, 1.165) is 16.3 Å². The first-order valence-corrected chi connectivity index (χ1v) is 14.6. The molecule has 0 unspecified atom stereocenters. The number of thiazole rings is 1. The van der Waals surface area contributed by atoms with E-state index in [4.69, 9.17) is 23.7 Å². The van der Waals surface area contributed by atoms with E-state index in [9.17, 15) is 9.59 Å². The fourth-order valence-corrected chi connectivity index (χ4v) is 6.62. The van der Waals surface area contributed by atoms with Gasteiger partial charge in [-0.05, 0) is 70.9 Å². The molecule has 0 saturated heterocycles. The standard InChI is InChI=1S/C31H29BrN2O7S/c1-7-41-30(36)27-16(2)33-31-34(28(27)21-13-22(32)25(40-6)15-24(21)39-5)29(35)26(42-31)14-20-19-12-18(37-3)10-8-17(19)9-11-23(20)38-4/h8-15,28H,7H2,1-6H3/t28-/m1/s1. The van der Waals surface area contributed by atoms with Gasteiger partial charge in [0.05, 0.1) is 55.3 Å². The number of rotatable bonds is 8. The first-order chi connectivity index (χ1) is 20.3. The molecule has 4 aromatic rings. The van der Waals surface area contributed by atoms with Crippen LogP contribution in [-0.4, -0.2) is 45.6 Å². The minimum absolute atomic E-state index is 0.167. The number of ether oxygens (including phenoxy) is 5. The van der Waals surface area contributed by atoms with Crippen LogP contribution in [0, 0.1) is 0 Å². The second-order valence-electron chi connectivity index (χ2n) is 9.30. The number of esters is 1. The molecule has 42 heavy (non-hydrogen) atoms. The molecule has 3 aromatic carbocycles. The summed E-state index contributed by atoms with van der Waals surface area (Å²) in [7, 11) is 6.27. The maximum atomic E-state index is 14.3. The minimum Gasteiger partial charge on any atom is -0.497 e. The molecule has 1 aliphatic rings. The summed E-state index contributed by atoms with van der Waals surface area (Å²) < 4.78 is 30.3. The van der Waals surface area contributed by atoms with Crippen molar-refractivity contribution >= 4 is 50.1 Å². The molecule has 0 saturated carbocycles. The van der Waals surface area contributed by atoms with Crippen molar-refractivity contribution < 1.29 is 28.5 Å². The number of allylic oxidation sites excluding steroid dienone is 1. The van der Waals surface area contributed by atoms with E-state index >= 15 is 0 Å². The van der Waals surface area contributed by atoms with E-state index in [-0.39, 0.29) is 17.7 Å². The lowest BCUT2D eigenvalue weighted by molar-refractivity contribution is -0.139. The van der Waals surface area contributed by atoms with Crippen LogP contribution in [-0.2, 0) is 9.53 Å². The summed E-state index contributed by atoms with van der Waals surface area (Å²) in [4.78, 5) is 32.7. The normalized spacial score (nSPS) is 14.8. The monoisotopic (exact) mass is 652 g/mol. The number of aromatic nitrogens is 1. The third kappa shape index (κ3) is 5.07. The highest BCUT2D eigenvalue weighted by Gasteiger charge is 2.35. The maximum Gasteiger partial charge on any atom is 0.338 e. The van der Waals surface area contributed by atoms with E-state index in [2.05, 4.69) is 20.9 Å². The Morgan fingerprint density at radius 3 is 2.38 bits per heavy atom. The zero-order valence-electron chi connectivity index (χ0n) is 23.9. The first-order valence-electron chi connectivity index (χ1n) is 13.0. The number of nitrogens with zero attached hydrogens (tertiary/aromatic N) is 2. The lowest BCUT2D eigenvalue weighted by Crippen LogP contribution is -2.40. The summed E-state index contributed by atoms with van der Waals surface area (Å²) in [5, 5.41) is 1.82. The van der Waals surface area contributed by atoms with E-state index in [1.165, 1.54) is 23.0 Å². The van der Waals surface area contributed by atoms with Crippen molar-refractivity contribution in [1.82, 2.24) is 4.57 Å². The predicted octanol–water partition coefficient (Wildman–Crippen LogP) is 4.75. The topological polar surface area (TPSA) is 97.6 Å². The average Bonchev–Trinajstić information content (AvgIpc) is 3.30. The molecule has 1 atom stereocenters. The molecule has 0 aliphatic carbocycles. The van der Waals surface area contributed by atoms with Gasteiger partial charge in [-0.3, -0.25) is 9.36 Å². The highest BCUT2D eigenvalue weighted by Crippen LogP contribution is 2.41. The zero-order valence-corrected chi connectivity index (χ0v) is 26.3. The Balaban J connectivity index is 1.83. The molecule has 1 aromatic heterocycles. The highest BCUT2D eigenvalue weighted by atomic mass is 79.9. The molecule has 0 spiro atoms. The van der Waals surface area contributed by atoms with Gasteiger partial charge in [-0.1, -0.05) is 23.5 Å². The van der Waals surface area contributed by atoms with Crippen LogP contribution in [0.2, 0.25) is 0 Å². The Hall–Kier alpha value is -4.09. The van der Waals surface area contributed by atoms with Crippen molar-refractivity contribution in [2.45, 2.75) is 19.9 Å². The molecule has 0 fully saturated rings. The third-order valence-electron chi connectivity index (χ3n) is 7.04. The molecule has 0 N–H and O–H groups in total. The molecular weight excluding hydrogens is 624 g/mol. The largest absolute Gasteiger partial charge is 0.497 e. The van der Waals surface area contributed by atoms with Gasteiger partial charge in [-0.15, -0.1) is 0 Å². The van der Waals surface area contributed by atoms with Gasteiger partial charge in [0.15, 0.2) is 4.80 Å². The Labute approximate surface area is 254 Å². The van der Waals surface area contributed by atoms with Crippen LogP contribution in [0.4, 0.5) is 0 Å². The first kappa shape index (κ1) is 29.4. The Bertz CT molecular complexity index is 1920. The van der Waals surface area contributed by atoms with Gasteiger partial charge in [0, 0.05) is 17.2 Å². The number of hydrogen-bond acceptors (Lipinski definition) is 9. The number of fused-ring (bicyclic) bond motifs is 2. The van der Waals surface area contributed by atoms with Crippen LogP contribution in [0.1, 0.15) is 31.0 Å². The third-order valence-corrected chi connectivity index (χ3v) is 8.64. The number of benzene rings is 3. The molecule has 0 radical (unpaired) electrons.